The predicted octanol–water partition coefficient (Wildman–Crippen LogP) is 3.64. The Morgan fingerprint density at radius 3 is 2.56 bits per heavy atom. The van der Waals surface area contributed by atoms with E-state index in [1.54, 1.807) is 0 Å². The van der Waals surface area contributed by atoms with E-state index in [1.165, 1.54) is 11.1 Å². The average Bonchev–Trinajstić information content (AvgIpc) is 2.29. The van der Waals surface area contributed by atoms with Crippen LogP contribution in [0.15, 0.2) is 36.9 Å². The summed E-state index contributed by atoms with van der Waals surface area (Å²) in [5.74, 6) is 0. The van der Waals surface area contributed by atoms with Crippen molar-refractivity contribution in [2.45, 2.75) is 45.1 Å². The van der Waals surface area contributed by atoms with E-state index in [0.29, 0.717) is 0 Å². The molecular weight excluding hydrogens is 196 g/mol. The molecule has 1 nitrogen and oxygen atoms in total. The van der Waals surface area contributed by atoms with Gasteiger partial charge in [0, 0.05) is 0 Å². The smallest absolute Gasteiger partial charge is 0.0543 e. The second-order valence-corrected chi connectivity index (χ2v) is 4.40. The lowest BCUT2D eigenvalue weighted by Gasteiger charge is -2.09. The van der Waals surface area contributed by atoms with E-state index in [0.717, 1.165) is 32.1 Å². The fourth-order valence-corrected chi connectivity index (χ4v) is 1.73. The van der Waals surface area contributed by atoms with E-state index < -0.39 is 0 Å². The summed E-state index contributed by atoms with van der Waals surface area (Å²) in [6.45, 7) is 5.77. The van der Waals surface area contributed by atoms with Gasteiger partial charge in [0.15, 0.2) is 0 Å². The third kappa shape index (κ3) is 5.13. The van der Waals surface area contributed by atoms with Gasteiger partial charge in [-0.2, -0.15) is 0 Å². The molecule has 0 aliphatic carbocycles. The quantitative estimate of drug-likeness (QED) is 0.547. The summed E-state index contributed by atoms with van der Waals surface area (Å²) in [6.07, 6.45) is 6.50. The van der Waals surface area contributed by atoms with Crippen LogP contribution in [0, 0.1) is 6.92 Å². The molecule has 1 rings (SSSR count). The van der Waals surface area contributed by atoms with Gasteiger partial charge in [-0.25, -0.2) is 0 Å². The molecular formula is C15H22O. The molecule has 0 fully saturated rings. The predicted molar refractivity (Wildman–Crippen MR) is 69.6 cm³/mol. The Kier molecular flexibility index (Phi) is 5.87. The number of aliphatic hydroxyl groups excluding tert-OH is 1. The Labute approximate surface area is 98.8 Å². The molecule has 1 atom stereocenters. The van der Waals surface area contributed by atoms with Crippen LogP contribution in [-0.2, 0) is 6.42 Å². The molecule has 0 aliphatic rings. The molecule has 1 heteroatoms. The highest BCUT2D eigenvalue weighted by molar-refractivity contribution is 5.21. The van der Waals surface area contributed by atoms with Crippen molar-refractivity contribution >= 4 is 0 Å². The highest BCUT2D eigenvalue weighted by Crippen LogP contribution is 2.11. The first-order valence-corrected chi connectivity index (χ1v) is 6.07. The summed E-state index contributed by atoms with van der Waals surface area (Å²) in [6, 6.07) is 8.54. The van der Waals surface area contributed by atoms with Gasteiger partial charge in [0.25, 0.3) is 0 Å². The Morgan fingerprint density at radius 1 is 1.25 bits per heavy atom. The third-order valence-electron chi connectivity index (χ3n) is 2.83. The largest absolute Gasteiger partial charge is 0.393 e. The summed E-state index contributed by atoms with van der Waals surface area (Å²) in [5.41, 5.74) is 2.60. The number of unbranched alkanes of at least 4 members (excludes halogenated alkanes) is 1. The highest BCUT2D eigenvalue weighted by Gasteiger charge is 2.03. The summed E-state index contributed by atoms with van der Waals surface area (Å²) in [5, 5.41) is 9.76. The number of allylic oxidation sites excluding steroid dienone is 1. The zero-order valence-corrected chi connectivity index (χ0v) is 10.2. The molecule has 0 spiro atoms. The van der Waals surface area contributed by atoms with Gasteiger partial charge in [0.05, 0.1) is 6.10 Å². The standard InChI is InChI=1S/C15H22O/c1-3-4-5-6-15(16)12-11-14-9-7-13(2)8-10-14/h3,7-10,15-16H,1,4-6,11-12H2,2H3. The molecule has 1 aromatic rings. The monoisotopic (exact) mass is 218 g/mol. The third-order valence-corrected chi connectivity index (χ3v) is 2.83. The Hall–Kier alpha value is -1.08. The lowest BCUT2D eigenvalue weighted by molar-refractivity contribution is 0.152. The highest BCUT2D eigenvalue weighted by atomic mass is 16.3. The topological polar surface area (TPSA) is 20.2 Å². The first-order valence-electron chi connectivity index (χ1n) is 6.07. The van der Waals surface area contributed by atoms with Crippen molar-refractivity contribution in [1.29, 1.82) is 0 Å². The van der Waals surface area contributed by atoms with Crippen molar-refractivity contribution in [2.75, 3.05) is 0 Å². The number of hydrogen-bond acceptors (Lipinski definition) is 1. The van der Waals surface area contributed by atoms with E-state index in [1.807, 2.05) is 6.08 Å². The van der Waals surface area contributed by atoms with Crippen LogP contribution in [0.5, 0.6) is 0 Å². The van der Waals surface area contributed by atoms with Crippen LogP contribution in [0.1, 0.15) is 36.8 Å². The molecule has 1 N–H and O–H groups in total. The Morgan fingerprint density at radius 2 is 1.94 bits per heavy atom. The lowest BCUT2D eigenvalue weighted by Crippen LogP contribution is -2.07. The zero-order valence-electron chi connectivity index (χ0n) is 10.2. The molecule has 0 saturated carbocycles. The number of aliphatic hydroxyl groups is 1. The molecule has 0 amide bonds. The Balaban J connectivity index is 2.23. The summed E-state index contributed by atoms with van der Waals surface area (Å²) >= 11 is 0. The van der Waals surface area contributed by atoms with E-state index in [9.17, 15) is 5.11 Å². The zero-order chi connectivity index (χ0) is 11.8. The fourth-order valence-electron chi connectivity index (χ4n) is 1.73. The maximum absolute atomic E-state index is 9.76. The van der Waals surface area contributed by atoms with Crippen molar-refractivity contribution < 1.29 is 5.11 Å². The van der Waals surface area contributed by atoms with Crippen molar-refractivity contribution in [2.24, 2.45) is 0 Å². The Bertz CT molecular complexity index is 300. The molecule has 0 aromatic heterocycles. The van der Waals surface area contributed by atoms with Gasteiger partial charge in [-0.05, 0) is 44.6 Å². The van der Waals surface area contributed by atoms with Crippen molar-refractivity contribution in [1.82, 2.24) is 0 Å². The van der Waals surface area contributed by atoms with Crippen LogP contribution in [0.4, 0.5) is 0 Å². The first kappa shape index (κ1) is 13.0. The van der Waals surface area contributed by atoms with Gasteiger partial charge in [0.1, 0.15) is 0 Å². The number of benzene rings is 1. The van der Waals surface area contributed by atoms with Crippen molar-refractivity contribution in [3.8, 4) is 0 Å². The fraction of sp³-hybridized carbons (Fsp3) is 0.467. The maximum atomic E-state index is 9.76. The minimum atomic E-state index is -0.166. The molecule has 0 bridgehead atoms. The van der Waals surface area contributed by atoms with Crippen LogP contribution >= 0.6 is 0 Å². The molecule has 16 heavy (non-hydrogen) atoms. The van der Waals surface area contributed by atoms with Crippen LogP contribution < -0.4 is 0 Å². The van der Waals surface area contributed by atoms with Gasteiger partial charge in [-0.15, -0.1) is 6.58 Å². The van der Waals surface area contributed by atoms with Gasteiger partial charge < -0.3 is 5.11 Å². The van der Waals surface area contributed by atoms with Gasteiger partial charge >= 0.3 is 0 Å². The van der Waals surface area contributed by atoms with E-state index in [2.05, 4.69) is 37.8 Å². The van der Waals surface area contributed by atoms with Crippen molar-refractivity contribution in [3.05, 3.63) is 48.0 Å². The molecule has 88 valence electrons. The van der Waals surface area contributed by atoms with E-state index in [4.69, 9.17) is 0 Å². The normalized spacial score (nSPS) is 12.4. The number of rotatable bonds is 7. The van der Waals surface area contributed by atoms with Gasteiger partial charge in [-0.3, -0.25) is 0 Å². The minimum absolute atomic E-state index is 0.166. The molecule has 0 saturated heterocycles. The van der Waals surface area contributed by atoms with Crippen LogP contribution in [-0.4, -0.2) is 11.2 Å². The lowest BCUT2D eigenvalue weighted by atomic mass is 10.0. The van der Waals surface area contributed by atoms with Crippen molar-refractivity contribution in [3.63, 3.8) is 0 Å². The number of aryl methyl sites for hydroxylation is 2. The van der Waals surface area contributed by atoms with Crippen LogP contribution in [0.2, 0.25) is 0 Å². The van der Waals surface area contributed by atoms with Gasteiger partial charge in [0.2, 0.25) is 0 Å². The van der Waals surface area contributed by atoms with E-state index in [-0.39, 0.29) is 6.10 Å². The second-order valence-electron chi connectivity index (χ2n) is 4.40. The molecule has 1 unspecified atom stereocenters. The van der Waals surface area contributed by atoms with Crippen LogP contribution in [0.25, 0.3) is 0 Å². The summed E-state index contributed by atoms with van der Waals surface area (Å²) < 4.78 is 0. The SMILES string of the molecule is C=CCCCC(O)CCc1ccc(C)cc1. The molecule has 0 radical (unpaired) electrons. The second kappa shape index (κ2) is 7.24. The maximum Gasteiger partial charge on any atom is 0.0543 e. The molecule has 0 heterocycles. The average molecular weight is 218 g/mol. The van der Waals surface area contributed by atoms with E-state index >= 15 is 0 Å². The number of hydrogen-bond donors (Lipinski definition) is 1. The minimum Gasteiger partial charge on any atom is -0.393 e. The van der Waals surface area contributed by atoms with Gasteiger partial charge in [-0.1, -0.05) is 35.9 Å². The first-order chi connectivity index (χ1) is 7.72. The molecule has 1 aromatic carbocycles. The van der Waals surface area contributed by atoms with Crippen LogP contribution in [0.3, 0.4) is 0 Å². The summed E-state index contributed by atoms with van der Waals surface area (Å²) in [4.78, 5) is 0. The summed E-state index contributed by atoms with van der Waals surface area (Å²) in [7, 11) is 0. The molecule has 0 aliphatic heterocycles.